The lowest BCUT2D eigenvalue weighted by atomic mass is 9.87. The predicted molar refractivity (Wildman–Crippen MR) is 120 cm³/mol. The van der Waals surface area contributed by atoms with Crippen molar-refractivity contribution in [2.24, 2.45) is 5.92 Å². The van der Waals surface area contributed by atoms with E-state index in [1.807, 2.05) is 37.8 Å². The number of benzene rings is 1. The van der Waals surface area contributed by atoms with Crippen LogP contribution in [0.4, 0.5) is 4.79 Å². The van der Waals surface area contributed by atoms with Gasteiger partial charge in [-0.05, 0) is 62.8 Å². The molecule has 0 aromatic heterocycles. The highest BCUT2D eigenvalue weighted by Crippen LogP contribution is 2.35. The average Bonchev–Trinajstić information content (AvgIpc) is 2.94. The average molecular weight is 419 g/mol. The minimum Gasteiger partial charge on any atom is -0.444 e. The number of halogens is 1. The highest BCUT2D eigenvalue weighted by molar-refractivity contribution is 6.30. The highest BCUT2D eigenvalue weighted by Gasteiger charge is 2.26. The molecule has 1 saturated heterocycles. The third-order valence-electron chi connectivity index (χ3n) is 5.74. The first kappa shape index (κ1) is 22.0. The van der Waals surface area contributed by atoms with E-state index in [0.717, 1.165) is 18.1 Å². The maximum Gasteiger partial charge on any atom is 0.410 e. The second kappa shape index (κ2) is 9.88. The molecule has 0 N–H and O–H groups in total. The quantitative estimate of drug-likeness (QED) is 0.547. The van der Waals surface area contributed by atoms with Gasteiger partial charge in [0.2, 0.25) is 0 Å². The lowest BCUT2D eigenvalue weighted by molar-refractivity contribution is 0.0176. The van der Waals surface area contributed by atoms with E-state index in [4.69, 9.17) is 16.3 Å². The van der Waals surface area contributed by atoms with Crippen molar-refractivity contribution in [1.29, 1.82) is 0 Å². The Morgan fingerprint density at radius 1 is 1.07 bits per heavy atom. The first-order valence-corrected chi connectivity index (χ1v) is 11.4. The maximum absolute atomic E-state index is 12.3. The summed E-state index contributed by atoms with van der Waals surface area (Å²) in [5.74, 6) is 0.583. The maximum atomic E-state index is 12.3. The molecule has 0 radical (unpaired) electrons. The molecule has 1 saturated carbocycles. The van der Waals surface area contributed by atoms with Crippen LogP contribution in [0.25, 0.3) is 5.57 Å². The summed E-state index contributed by atoms with van der Waals surface area (Å²) < 4.78 is 5.52. The van der Waals surface area contributed by atoms with Crippen LogP contribution in [-0.2, 0) is 4.74 Å². The molecule has 5 heteroatoms. The zero-order valence-electron chi connectivity index (χ0n) is 18.1. The first-order chi connectivity index (χ1) is 13.8. The van der Waals surface area contributed by atoms with Crippen LogP contribution in [0.5, 0.6) is 0 Å². The Hall–Kier alpha value is -1.68. The Kier molecular flexibility index (Phi) is 7.50. The smallest absolute Gasteiger partial charge is 0.410 e. The molecule has 29 heavy (non-hydrogen) atoms. The number of allylic oxidation sites excluding steroid dienone is 1. The van der Waals surface area contributed by atoms with E-state index < -0.39 is 5.60 Å². The van der Waals surface area contributed by atoms with Crippen molar-refractivity contribution in [3.63, 3.8) is 0 Å². The van der Waals surface area contributed by atoms with Crippen molar-refractivity contribution < 1.29 is 9.53 Å². The Labute approximate surface area is 180 Å². The molecule has 1 aliphatic heterocycles. The fraction of sp³-hybridized carbons (Fsp3) is 0.625. The van der Waals surface area contributed by atoms with Gasteiger partial charge in [0.15, 0.2) is 0 Å². The lowest BCUT2D eigenvalue weighted by Gasteiger charge is -2.36. The van der Waals surface area contributed by atoms with E-state index in [1.54, 1.807) is 0 Å². The normalized spacial score (nSPS) is 19.8. The first-order valence-electron chi connectivity index (χ1n) is 11.0. The van der Waals surface area contributed by atoms with Crippen molar-refractivity contribution in [1.82, 2.24) is 9.80 Å². The Morgan fingerprint density at radius 3 is 2.31 bits per heavy atom. The summed E-state index contributed by atoms with van der Waals surface area (Å²) in [4.78, 5) is 16.5. The summed E-state index contributed by atoms with van der Waals surface area (Å²) in [6, 6.07) is 8.26. The van der Waals surface area contributed by atoms with Crippen LogP contribution in [0.2, 0.25) is 5.02 Å². The second-order valence-electron chi connectivity index (χ2n) is 9.29. The number of ether oxygens (including phenoxy) is 1. The van der Waals surface area contributed by atoms with Gasteiger partial charge in [-0.1, -0.05) is 49.4 Å². The lowest BCUT2D eigenvalue weighted by Crippen LogP contribution is -2.48. The van der Waals surface area contributed by atoms with Crippen molar-refractivity contribution in [3.8, 4) is 0 Å². The van der Waals surface area contributed by atoms with Crippen LogP contribution in [0.3, 0.4) is 0 Å². The van der Waals surface area contributed by atoms with Gasteiger partial charge in [-0.3, -0.25) is 0 Å². The van der Waals surface area contributed by atoms with Crippen molar-refractivity contribution in [2.75, 3.05) is 26.2 Å². The number of carbonyl (C=O) groups excluding carboxylic acids is 1. The number of rotatable bonds is 3. The zero-order valence-corrected chi connectivity index (χ0v) is 18.9. The van der Waals surface area contributed by atoms with Crippen molar-refractivity contribution in [3.05, 3.63) is 41.1 Å². The van der Waals surface area contributed by atoms with E-state index in [0.29, 0.717) is 19.0 Å². The third kappa shape index (κ3) is 6.67. The summed E-state index contributed by atoms with van der Waals surface area (Å²) in [6.45, 7) is 8.78. The summed E-state index contributed by atoms with van der Waals surface area (Å²) in [7, 11) is 0. The third-order valence-corrected chi connectivity index (χ3v) is 5.98. The summed E-state index contributed by atoms with van der Waals surface area (Å²) >= 11 is 6.31. The molecule has 0 bridgehead atoms. The fourth-order valence-corrected chi connectivity index (χ4v) is 4.42. The Bertz CT molecular complexity index is 710. The van der Waals surface area contributed by atoms with Gasteiger partial charge in [-0.25, -0.2) is 4.79 Å². The van der Waals surface area contributed by atoms with Crippen LogP contribution in [0, 0.1) is 5.92 Å². The number of hydrogen-bond acceptors (Lipinski definition) is 3. The van der Waals surface area contributed by atoms with Crippen LogP contribution in [0.15, 0.2) is 30.5 Å². The Balaban J connectivity index is 1.72. The number of nitrogens with zero attached hydrogens (tertiary/aromatic N) is 2. The number of amides is 1. The zero-order chi connectivity index (χ0) is 20.9. The molecular weight excluding hydrogens is 384 g/mol. The fourth-order valence-electron chi connectivity index (χ4n) is 4.23. The SMILES string of the molecule is CC(C)(C)OC(=O)N1CCN(C=C(c2cccc(Cl)c2)C2CCCCCC2)CC1. The minimum atomic E-state index is -0.451. The highest BCUT2D eigenvalue weighted by atomic mass is 35.5. The molecule has 0 spiro atoms. The molecule has 1 aromatic rings. The van der Waals surface area contributed by atoms with Gasteiger partial charge in [-0.15, -0.1) is 0 Å². The molecule has 3 rings (SSSR count). The largest absolute Gasteiger partial charge is 0.444 e. The van der Waals surface area contributed by atoms with E-state index in [9.17, 15) is 4.79 Å². The molecule has 1 aromatic carbocycles. The van der Waals surface area contributed by atoms with E-state index in [2.05, 4.69) is 23.2 Å². The van der Waals surface area contributed by atoms with Gasteiger partial charge in [0.05, 0.1) is 0 Å². The molecule has 4 nitrogen and oxygen atoms in total. The minimum absolute atomic E-state index is 0.208. The van der Waals surface area contributed by atoms with E-state index >= 15 is 0 Å². The second-order valence-corrected chi connectivity index (χ2v) is 9.72. The van der Waals surface area contributed by atoms with Gasteiger partial charge in [-0.2, -0.15) is 0 Å². The molecule has 1 amide bonds. The van der Waals surface area contributed by atoms with Gasteiger partial charge in [0.25, 0.3) is 0 Å². The molecule has 2 fully saturated rings. The number of piperazine rings is 1. The molecule has 1 aliphatic carbocycles. The summed E-state index contributed by atoms with van der Waals surface area (Å²) in [6.07, 6.45) is 9.91. The van der Waals surface area contributed by atoms with Gasteiger partial charge in [0, 0.05) is 37.4 Å². The van der Waals surface area contributed by atoms with Crippen LogP contribution >= 0.6 is 11.6 Å². The van der Waals surface area contributed by atoms with Crippen molar-refractivity contribution in [2.45, 2.75) is 64.9 Å². The van der Waals surface area contributed by atoms with Gasteiger partial charge in [0.1, 0.15) is 5.60 Å². The summed E-state index contributed by atoms with van der Waals surface area (Å²) in [5.41, 5.74) is 2.19. The van der Waals surface area contributed by atoms with Crippen molar-refractivity contribution >= 4 is 23.3 Å². The molecule has 2 aliphatic rings. The number of hydrogen-bond donors (Lipinski definition) is 0. The molecule has 0 unspecified atom stereocenters. The summed E-state index contributed by atoms with van der Waals surface area (Å²) in [5, 5.41) is 0.789. The van der Waals surface area contributed by atoms with E-state index in [1.165, 1.54) is 49.7 Å². The van der Waals surface area contributed by atoms with Crippen LogP contribution in [0.1, 0.15) is 64.9 Å². The topological polar surface area (TPSA) is 32.8 Å². The van der Waals surface area contributed by atoms with Gasteiger partial charge < -0.3 is 14.5 Å². The van der Waals surface area contributed by atoms with E-state index in [-0.39, 0.29) is 6.09 Å². The molecular formula is C24H35ClN2O2. The van der Waals surface area contributed by atoms with Crippen LogP contribution < -0.4 is 0 Å². The predicted octanol–water partition coefficient (Wildman–Crippen LogP) is 6.20. The molecule has 0 atom stereocenters. The monoisotopic (exact) mass is 418 g/mol. The standard InChI is InChI=1S/C24H35ClN2O2/c1-24(2,3)29-23(28)27-15-13-26(14-16-27)18-22(19-9-6-4-5-7-10-19)20-11-8-12-21(25)17-20/h8,11-12,17-19H,4-7,9-10,13-16H2,1-3H3. The molecule has 1 heterocycles. The Morgan fingerprint density at radius 2 is 1.72 bits per heavy atom. The van der Waals surface area contributed by atoms with Crippen LogP contribution in [-0.4, -0.2) is 47.7 Å². The molecule has 160 valence electrons. The van der Waals surface area contributed by atoms with Gasteiger partial charge >= 0.3 is 6.09 Å². The number of carbonyl (C=O) groups is 1.